The van der Waals surface area contributed by atoms with Gasteiger partial charge in [-0.2, -0.15) is 0 Å². The van der Waals surface area contributed by atoms with Crippen LogP contribution in [0.4, 0.5) is 0 Å². The lowest BCUT2D eigenvalue weighted by atomic mass is 10.1. The van der Waals surface area contributed by atoms with E-state index in [9.17, 15) is 0 Å². The van der Waals surface area contributed by atoms with E-state index in [-0.39, 0.29) is 0 Å². The van der Waals surface area contributed by atoms with Crippen molar-refractivity contribution in [3.05, 3.63) is 35.5 Å². The monoisotopic (exact) mass is 214 g/mol. The second kappa shape index (κ2) is 3.95. The first-order chi connectivity index (χ1) is 7.83. The molecule has 0 atom stereocenters. The van der Waals surface area contributed by atoms with Crippen LogP contribution in [-0.4, -0.2) is 23.0 Å². The van der Waals surface area contributed by atoms with Crippen LogP contribution in [0.25, 0.3) is 10.9 Å². The molecule has 0 unspecified atom stereocenters. The van der Waals surface area contributed by atoms with Crippen LogP contribution in [-0.2, 0) is 6.54 Å². The van der Waals surface area contributed by atoms with Crippen LogP contribution in [0.1, 0.15) is 24.0 Å². The highest BCUT2D eigenvalue weighted by Crippen LogP contribution is 2.22. The van der Waals surface area contributed by atoms with E-state index in [1.165, 1.54) is 48.0 Å². The predicted octanol–water partition coefficient (Wildman–Crippen LogP) is 3.07. The van der Waals surface area contributed by atoms with Gasteiger partial charge in [-0.15, -0.1) is 0 Å². The zero-order valence-electron chi connectivity index (χ0n) is 9.79. The molecule has 0 spiro atoms. The fourth-order valence-electron chi connectivity index (χ4n) is 2.61. The zero-order valence-corrected chi connectivity index (χ0v) is 9.79. The molecular formula is C14H18N2. The van der Waals surface area contributed by atoms with Gasteiger partial charge in [0, 0.05) is 23.6 Å². The Morgan fingerprint density at radius 2 is 2.06 bits per heavy atom. The smallest absolute Gasteiger partial charge is 0.0459 e. The van der Waals surface area contributed by atoms with Crippen LogP contribution in [0.15, 0.2) is 24.4 Å². The van der Waals surface area contributed by atoms with Crippen molar-refractivity contribution in [3.63, 3.8) is 0 Å². The highest BCUT2D eigenvalue weighted by atomic mass is 15.1. The van der Waals surface area contributed by atoms with E-state index in [1.807, 2.05) is 0 Å². The number of hydrogen-bond acceptors (Lipinski definition) is 1. The van der Waals surface area contributed by atoms with Gasteiger partial charge in [0.1, 0.15) is 0 Å². The summed E-state index contributed by atoms with van der Waals surface area (Å²) in [6.07, 6.45) is 4.89. The Balaban J connectivity index is 1.91. The van der Waals surface area contributed by atoms with Crippen molar-refractivity contribution in [2.24, 2.45) is 0 Å². The van der Waals surface area contributed by atoms with Crippen LogP contribution in [0.5, 0.6) is 0 Å². The second-order valence-corrected chi connectivity index (χ2v) is 4.85. The normalized spacial score (nSPS) is 17.3. The maximum atomic E-state index is 3.38. The molecule has 2 nitrogen and oxygen atoms in total. The largest absolute Gasteiger partial charge is 0.361 e. The molecule has 0 saturated carbocycles. The number of aromatic amines is 1. The van der Waals surface area contributed by atoms with Crippen LogP contribution >= 0.6 is 0 Å². The quantitative estimate of drug-likeness (QED) is 0.814. The third kappa shape index (κ3) is 1.74. The Kier molecular flexibility index (Phi) is 2.44. The summed E-state index contributed by atoms with van der Waals surface area (Å²) < 4.78 is 0. The number of benzene rings is 1. The Bertz CT molecular complexity index is 492. The molecule has 1 N–H and O–H groups in total. The van der Waals surface area contributed by atoms with Crippen molar-refractivity contribution in [2.75, 3.05) is 13.1 Å². The van der Waals surface area contributed by atoms with E-state index in [0.717, 1.165) is 6.54 Å². The summed E-state index contributed by atoms with van der Waals surface area (Å²) in [5.41, 5.74) is 4.04. The van der Waals surface area contributed by atoms with Crippen molar-refractivity contribution >= 4 is 10.9 Å². The molecule has 1 aliphatic rings. The summed E-state index contributed by atoms with van der Waals surface area (Å²) in [5.74, 6) is 0. The summed E-state index contributed by atoms with van der Waals surface area (Å²) in [6, 6.07) is 6.67. The molecule has 0 aliphatic carbocycles. The Labute approximate surface area is 96.3 Å². The number of hydrogen-bond donors (Lipinski definition) is 1. The number of aromatic nitrogens is 1. The van der Waals surface area contributed by atoms with Crippen molar-refractivity contribution < 1.29 is 0 Å². The van der Waals surface area contributed by atoms with Gasteiger partial charge in [-0.05, 0) is 50.0 Å². The molecule has 1 aliphatic heterocycles. The molecule has 2 heteroatoms. The number of H-pyrrole nitrogens is 1. The van der Waals surface area contributed by atoms with Crippen LogP contribution in [0.2, 0.25) is 0 Å². The van der Waals surface area contributed by atoms with Crippen molar-refractivity contribution in [1.82, 2.24) is 9.88 Å². The van der Waals surface area contributed by atoms with Gasteiger partial charge in [0.05, 0.1) is 0 Å². The number of likely N-dealkylation sites (tertiary alicyclic amines) is 1. The average molecular weight is 214 g/mol. The highest BCUT2D eigenvalue weighted by Gasteiger charge is 2.13. The molecule has 1 aromatic carbocycles. The number of nitrogens with zero attached hydrogens (tertiary/aromatic N) is 1. The fourth-order valence-corrected chi connectivity index (χ4v) is 2.61. The van der Waals surface area contributed by atoms with Crippen LogP contribution in [0, 0.1) is 6.92 Å². The maximum absolute atomic E-state index is 3.38. The predicted molar refractivity (Wildman–Crippen MR) is 67.5 cm³/mol. The number of nitrogens with one attached hydrogen (secondary N) is 1. The lowest BCUT2D eigenvalue weighted by Gasteiger charge is -2.13. The standard InChI is InChI=1S/C14H18N2/c1-11-4-5-13-12(9-15-14(13)8-11)10-16-6-2-3-7-16/h4-5,8-9,15H,2-3,6-7,10H2,1H3. The summed E-state index contributed by atoms with van der Waals surface area (Å²) in [6.45, 7) is 5.76. The topological polar surface area (TPSA) is 19.0 Å². The number of aryl methyl sites for hydroxylation is 1. The third-order valence-corrected chi connectivity index (χ3v) is 3.52. The second-order valence-electron chi connectivity index (χ2n) is 4.85. The highest BCUT2D eigenvalue weighted by molar-refractivity contribution is 5.83. The number of rotatable bonds is 2. The molecule has 3 rings (SSSR count). The lowest BCUT2D eigenvalue weighted by Crippen LogP contribution is -2.17. The maximum Gasteiger partial charge on any atom is 0.0459 e. The molecule has 0 amide bonds. The Hall–Kier alpha value is -1.28. The van der Waals surface area contributed by atoms with Crippen LogP contribution in [0.3, 0.4) is 0 Å². The molecule has 84 valence electrons. The molecular weight excluding hydrogens is 196 g/mol. The van der Waals surface area contributed by atoms with Gasteiger partial charge in [-0.3, -0.25) is 4.90 Å². The minimum atomic E-state index is 1.10. The molecule has 0 bridgehead atoms. The molecule has 1 saturated heterocycles. The van der Waals surface area contributed by atoms with Crippen LogP contribution < -0.4 is 0 Å². The van der Waals surface area contributed by atoms with Gasteiger partial charge in [0.15, 0.2) is 0 Å². The minimum absolute atomic E-state index is 1.10. The molecule has 2 heterocycles. The van der Waals surface area contributed by atoms with Crippen molar-refractivity contribution in [3.8, 4) is 0 Å². The number of fused-ring (bicyclic) bond motifs is 1. The van der Waals surface area contributed by atoms with E-state index in [2.05, 4.69) is 41.2 Å². The Morgan fingerprint density at radius 3 is 2.88 bits per heavy atom. The van der Waals surface area contributed by atoms with Gasteiger partial charge in [0.2, 0.25) is 0 Å². The average Bonchev–Trinajstić information content (AvgIpc) is 2.89. The first kappa shape index (κ1) is 9.91. The van der Waals surface area contributed by atoms with E-state index < -0.39 is 0 Å². The SMILES string of the molecule is Cc1ccc2c(CN3CCCC3)c[nH]c2c1. The van der Waals surface area contributed by atoms with Gasteiger partial charge < -0.3 is 4.98 Å². The summed E-state index contributed by atoms with van der Waals surface area (Å²) in [7, 11) is 0. The summed E-state index contributed by atoms with van der Waals surface area (Å²) in [5, 5.41) is 1.39. The van der Waals surface area contributed by atoms with E-state index in [4.69, 9.17) is 0 Å². The van der Waals surface area contributed by atoms with E-state index >= 15 is 0 Å². The molecule has 16 heavy (non-hydrogen) atoms. The zero-order chi connectivity index (χ0) is 11.0. The summed E-state index contributed by atoms with van der Waals surface area (Å²) >= 11 is 0. The van der Waals surface area contributed by atoms with E-state index in [1.54, 1.807) is 0 Å². The Morgan fingerprint density at radius 1 is 1.25 bits per heavy atom. The van der Waals surface area contributed by atoms with Gasteiger partial charge in [-0.25, -0.2) is 0 Å². The van der Waals surface area contributed by atoms with E-state index in [0.29, 0.717) is 0 Å². The lowest BCUT2D eigenvalue weighted by molar-refractivity contribution is 0.332. The molecule has 0 radical (unpaired) electrons. The fraction of sp³-hybridized carbons (Fsp3) is 0.429. The van der Waals surface area contributed by atoms with Gasteiger partial charge in [0.25, 0.3) is 0 Å². The van der Waals surface area contributed by atoms with Gasteiger partial charge in [-0.1, -0.05) is 12.1 Å². The molecule has 2 aromatic rings. The van der Waals surface area contributed by atoms with Gasteiger partial charge >= 0.3 is 0 Å². The van der Waals surface area contributed by atoms with Crippen molar-refractivity contribution in [2.45, 2.75) is 26.3 Å². The first-order valence-electron chi connectivity index (χ1n) is 6.12. The first-order valence-corrected chi connectivity index (χ1v) is 6.12. The van der Waals surface area contributed by atoms with Crippen molar-refractivity contribution in [1.29, 1.82) is 0 Å². The minimum Gasteiger partial charge on any atom is -0.361 e. The summed E-state index contributed by atoms with van der Waals surface area (Å²) in [4.78, 5) is 5.92. The third-order valence-electron chi connectivity index (χ3n) is 3.52. The molecule has 1 aromatic heterocycles. The molecule has 1 fully saturated rings.